The summed E-state index contributed by atoms with van der Waals surface area (Å²) >= 11 is 0. The van der Waals surface area contributed by atoms with Crippen molar-refractivity contribution in [3.63, 3.8) is 0 Å². The summed E-state index contributed by atoms with van der Waals surface area (Å²) < 4.78 is 24.3. The van der Waals surface area contributed by atoms with Gasteiger partial charge in [-0.15, -0.1) is 0 Å². The smallest absolute Gasteiger partial charge is 0.410 e. The summed E-state index contributed by atoms with van der Waals surface area (Å²) in [5.41, 5.74) is 5.13. The number of hydrogen-bond donors (Lipinski definition) is 2. The molecule has 2 heterocycles. The van der Waals surface area contributed by atoms with Gasteiger partial charge in [-0.2, -0.15) is 0 Å². The zero-order chi connectivity index (χ0) is 56.2. The predicted octanol–water partition coefficient (Wildman–Crippen LogP) is 7.58. The molecule has 17 heteroatoms. The monoisotopic (exact) mass is 1070 g/mol. The van der Waals surface area contributed by atoms with Gasteiger partial charge >= 0.3 is 12.2 Å². The van der Waals surface area contributed by atoms with Gasteiger partial charge < -0.3 is 49.2 Å². The fraction of sp³-hybridized carbons (Fsp3) is 0.600. The maximum atomic E-state index is 14.8. The van der Waals surface area contributed by atoms with Crippen LogP contribution >= 0.6 is 0 Å². The van der Waals surface area contributed by atoms with Gasteiger partial charge in [0.2, 0.25) is 23.6 Å². The first-order chi connectivity index (χ1) is 36.7. The van der Waals surface area contributed by atoms with Crippen LogP contribution in [0.4, 0.5) is 9.59 Å². The summed E-state index contributed by atoms with van der Waals surface area (Å²) in [6.45, 7) is 18.2. The molecule has 3 aromatic carbocycles. The van der Waals surface area contributed by atoms with Crippen molar-refractivity contribution >= 4 is 35.8 Å². The van der Waals surface area contributed by atoms with E-state index in [1.54, 1.807) is 42.8 Å². The number of rotatable bonds is 23. The van der Waals surface area contributed by atoms with Crippen LogP contribution in [0.2, 0.25) is 0 Å². The van der Waals surface area contributed by atoms with Gasteiger partial charge in [0, 0.05) is 67.0 Å². The van der Waals surface area contributed by atoms with Crippen molar-refractivity contribution in [2.24, 2.45) is 23.7 Å². The van der Waals surface area contributed by atoms with Crippen LogP contribution in [0.15, 0.2) is 78.9 Å². The molecule has 2 aliphatic heterocycles. The summed E-state index contributed by atoms with van der Waals surface area (Å²) in [7, 11) is 8.35. The van der Waals surface area contributed by atoms with E-state index in [9.17, 15) is 28.8 Å². The lowest BCUT2D eigenvalue weighted by Gasteiger charge is -2.41. The Morgan fingerprint density at radius 2 is 1.31 bits per heavy atom. The highest BCUT2D eigenvalue weighted by Gasteiger charge is 2.44. The third-order valence-corrected chi connectivity index (χ3v) is 16.4. The summed E-state index contributed by atoms with van der Waals surface area (Å²) in [6.07, 6.45) is -1.31. The Labute approximate surface area is 457 Å². The van der Waals surface area contributed by atoms with Crippen molar-refractivity contribution in [2.75, 3.05) is 74.7 Å². The molecule has 2 saturated heterocycles. The topological polar surface area (TPSA) is 180 Å². The third-order valence-electron chi connectivity index (χ3n) is 16.4. The van der Waals surface area contributed by atoms with E-state index in [2.05, 4.69) is 39.8 Å². The van der Waals surface area contributed by atoms with E-state index in [4.69, 9.17) is 18.9 Å². The minimum absolute atomic E-state index is 0.0514. The van der Waals surface area contributed by atoms with Crippen molar-refractivity contribution in [1.29, 1.82) is 0 Å². The lowest BCUT2D eigenvalue weighted by Crippen LogP contribution is -2.60. The number of methoxy groups -OCH3 is 2. The summed E-state index contributed by atoms with van der Waals surface area (Å²) in [6, 6.07) is 22.0. The molecule has 3 aromatic rings. The number of likely N-dealkylation sites (N-methyl/N-ethyl adjacent to an activating group) is 3. The van der Waals surface area contributed by atoms with Crippen LogP contribution in [-0.4, -0.2) is 177 Å². The number of carbonyl (C=O) groups excluding carboxylic acids is 6. The van der Waals surface area contributed by atoms with Crippen LogP contribution in [0, 0.1) is 23.7 Å². The van der Waals surface area contributed by atoms with Gasteiger partial charge in [-0.05, 0) is 72.4 Å². The second kappa shape index (κ2) is 27.5. The molecule has 6 rings (SSSR count). The van der Waals surface area contributed by atoms with Gasteiger partial charge in [-0.3, -0.25) is 24.1 Å². The average Bonchev–Trinajstić information content (AvgIpc) is 4.05. The second-order valence-electron chi connectivity index (χ2n) is 22.2. The SMILES string of the molecule is CC[C@H](C)[C@@H]([C@@H](CC(=O)N1CCC[C@H]1[C@H](OC)[C@@H](C)C(=O)N[C@H](C)[C@@H](OC(=O)N1CCN(C)CC1)c1ccccc1)OC)N(C)C(=O)[C@@H](NC(=O)[C@H](C(C)C)N(C)C(=O)OCC1c2ccccc2-c2ccccc21)C(C)C. The normalized spacial score (nSPS) is 19.2. The Morgan fingerprint density at radius 1 is 0.714 bits per heavy atom. The largest absolute Gasteiger partial charge is 0.448 e. The zero-order valence-electron chi connectivity index (χ0n) is 47.9. The van der Waals surface area contributed by atoms with E-state index in [1.165, 1.54) is 12.0 Å². The minimum Gasteiger partial charge on any atom is -0.448 e. The molecule has 0 unspecified atom stereocenters. The van der Waals surface area contributed by atoms with Crippen molar-refractivity contribution in [1.82, 2.24) is 35.1 Å². The highest BCUT2D eigenvalue weighted by molar-refractivity contribution is 5.92. The molecular weight excluding hydrogens is 979 g/mol. The maximum absolute atomic E-state index is 14.8. The third kappa shape index (κ3) is 14.2. The van der Waals surface area contributed by atoms with E-state index in [-0.39, 0.29) is 54.4 Å². The molecule has 422 valence electrons. The van der Waals surface area contributed by atoms with E-state index >= 15 is 0 Å². The van der Waals surface area contributed by atoms with Crippen molar-refractivity contribution in [3.8, 4) is 11.1 Å². The number of hydrogen-bond acceptors (Lipinski definition) is 11. The Hall–Kier alpha value is -6.04. The summed E-state index contributed by atoms with van der Waals surface area (Å²) in [5.74, 6) is -2.99. The van der Waals surface area contributed by atoms with Crippen LogP contribution in [0.5, 0.6) is 0 Å². The first-order valence-electron chi connectivity index (χ1n) is 27.7. The molecule has 1 aliphatic carbocycles. The first-order valence-corrected chi connectivity index (χ1v) is 27.7. The quantitative estimate of drug-likeness (QED) is 0.0957. The maximum Gasteiger partial charge on any atom is 0.410 e. The minimum atomic E-state index is -0.975. The molecule has 0 saturated carbocycles. The molecule has 10 atom stereocenters. The van der Waals surface area contributed by atoms with Crippen LogP contribution in [-0.2, 0) is 38.1 Å². The highest BCUT2D eigenvalue weighted by Crippen LogP contribution is 2.44. The Balaban J connectivity index is 1.10. The highest BCUT2D eigenvalue weighted by atomic mass is 16.6. The number of nitrogens with zero attached hydrogens (tertiary/aromatic N) is 5. The number of ether oxygens (including phenoxy) is 4. The van der Waals surface area contributed by atoms with E-state index in [1.807, 2.05) is 110 Å². The molecule has 0 bridgehead atoms. The molecule has 17 nitrogen and oxygen atoms in total. The lowest BCUT2D eigenvalue weighted by molar-refractivity contribution is -0.148. The zero-order valence-corrected chi connectivity index (χ0v) is 47.9. The van der Waals surface area contributed by atoms with E-state index in [0.29, 0.717) is 38.9 Å². The predicted molar refractivity (Wildman–Crippen MR) is 297 cm³/mol. The van der Waals surface area contributed by atoms with Crippen molar-refractivity contribution in [3.05, 3.63) is 95.6 Å². The Kier molecular flexibility index (Phi) is 21.5. The van der Waals surface area contributed by atoms with Crippen LogP contribution in [0.3, 0.4) is 0 Å². The van der Waals surface area contributed by atoms with Crippen molar-refractivity contribution in [2.45, 2.75) is 136 Å². The number of carbonyl (C=O) groups is 6. The van der Waals surface area contributed by atoms with Crippen LogP contribution < -0.4 is 10.6 Å². The fourth-order valence-corrected chi connectivity index (χ4v) is 11.7. The fourth-order valence-electron chi connectivity index (χ4n) is 11.7. The number of nitrogens with one attached hydrogen (secondary N) is 2. The molecule has 0 spiro atoms. The molecule has 2 fully saturated rings. The van der Waals surface area contributed by atoms with Gasteiger partial charge in [-0.1, -0.05) is 134 Å². The molecular formula is C60H87N7O10. The van der Waals surface area contributed by atoms with Gasteiger partial charge in [0.1, 0.15) is 24.8 Å². The van der Waals surface area contributed by atoms with E-state index < -0.39 is 72.5 Å². The number of likely N-dealkylation sites (tertiary alicyclic amines) is 1. The lowest BCUT2D eigenvalue weighted by atomic mass is 9.89. The second-order valence-corrected chi connectivity index (χ2v) is 22.2. The van der Waals surface area contributed by atoms with Gasteiger partial charge in [0.25, 0.3) is 0 Å². The van der Waals surface area contributed by atoms with Crippen LogP contribution in [0.25, 0.3) is 11.1 Å². The molecule has 0 radical (unpaired) electrons. The van der Waals surface area contributed by atoms with Gasteiger partial charge in [0.15, 0.2) is 0 Å². The Morgan fingerprint density at radius 3 is 1.87 bits per heavy atom. The van der Waals surface area contributed by atoms with Gasteiger partial charge in [0.05, 0.1) is 42.7 Å². The average molecular weight is 1070 g/mol. The number of amides is 6. The first kappa shape index (κ1) is 60.2. The number of piperazine rings is 1. The van der Waals surface area contributed by atoms with Gasteiger partial charge in [-0.25, -0.2) is 9.59 Å². The molecule has 0 aromatic heterocycles. The standard InChI is InChI=1S/C60H87N7O10/c1-14-39(6)53(64(10)58(71)51(37(2)3)62-57(70)52(38(4)5)65(11)59(72)76-36-47-45-27-20-18-25-43(45)44-26-19-21-28-46(44)47)49(74-12)35-50(68)67-30-22-29-48(67)54(75-13)40(7)56(69)61-41(8)55(42-23-16-15-17-24-42)77-60(73)66-33-31-63(9)32-34-66/h15-21,23-28,37-41,47-49,51-55H,14,22,29-36H2,1-13H3,(H,61,69)(H,62,70)/t39-,40+,41+,48-,49+,51-,52-,53-,54+,55+/m0/s1. The molecule has 2 N–H and O–H groups in total. The van der Waals surface area contributed by atoms with E-state index in [0.717, 1.165) is 40.9 Å². The Bertz CT molecular complexity index is 2420. The molecule has 6 amide bonds. The van der Waals surface area contributed by atoms with Crippen molar-refractivity contribution < 1.29 is 47.7 Å². The summed E-state index contributed by atoms with van der Waals surface area (Å²) in [4.78, 5) is 93.8. The summed E-state index contributed by atoms with van der Waals surface area (Å²) in [5, 5.41) is 6.13. The molecule has 3 aliphatic rings. The number of fused-ring (bicyclic) bond motifs is 3. The number of benzene rings is 3. The van der Waals surface area contributed by atoms with Crippen LogP contribution in [0.1, 0.15) is 110 Å². The molecule has 77 heavy (non-hydrogen) atoms.